The van der Waals surface area contributed by atoms with Gasteiger partial charge in [-0.2, -0.15) is 0 Å². The first-order chi connectivity index (χ1) is 12.7. The highest BCUT2D eigenvalue weighted by Gasteiger charge is 2.16. The fraction of sp³-hybridized carbons (Fsp3) is 0.300. The van der Waals surface area contributed by atoms with E-state index in [0.29, 0.717) is 18.0 Å². The maximum Gasteiger partial charge on any atom is 0.220 e. The molecule has 2 aromatic heterocycles. The van der Waals surface area contributed by atoms with E-state index in [9.17, 15) is 4.79 Å². The highest BCUT2D eigenvalue weighted by Crippen LogP contribution is 2.23. The number of halogens is 1. The van der Waals surface area contributed by atoms with Gasteiger partial charge >= 0.3 is 0 Å². The normalized spacial score (nSPS) is 12.0. The van der Waals surface area contributed by atoms with E-state index in [4.69, 9.17) is 11.6 Å². The second kappa shape index (κ2) is 9.25. The molecule has 1 N–H and O–H groups in total. The molecule has 26 heavy (non-hydrogen) atoms. The zero-order valence-electron chi connectivity index (χ0n) is 14.6. The van der Waals surface area contributed by atoms with Crippen LogP contribution in [0.2, 0.25) is 5.02 Å². The Labute approximate surface area is 158 Å². The average molecular weight is 371 g/mol. The predicted molar refractivity (Wildman–Crippen MR) is 103 cm³/mol. The third kappa shape index (κ3) is 5.49. The Morgan fingerprint density at radius 2 is 1.88 bits per heavy atom. The summed E-state index contributed by atoms with van der Waals surface area (Å²) in [6.45, 7) is 2.27. The van der Waals surface area contributed by atoms with Crippen molar-refractivity contribution >= 4 is 17.5 Å². The van der Waals surface area contributed by atoms with Gasteiger partial charge in [-0.05, 0) is 36.2 Å². The predicted octanol–water partition coefficient (Wildman–Crippen LogP) is 3.72. The fourth-order valence-electron chi connectivity index (χ4n) is 2.97. The third-order valence-corrected chi connectivity index (χ3v) is 4.60. The van der Waals surface area contributed by atoms with Gasteiger partial charge in [0.2, 0.25) is 5.91 Å². The van der Waals surface area contributed by atoms with Gasteiger partial charge in [0.05, 0.1) is 6.33 Å². The Hall–Kier alpha value is -2.53. The number of carbonyl (C=O) groups is 1. The van der Waals surface area contributed by atoms with E-state index in [2.05, 4.69) is 14.9 Å². The minimum atomic E-state index is 0.0720. The number of carbonyl (C=O) groups excluding carboxylic acids is 1. The number of rotatable bonds is 9. The molecule has 1 amide bonds. The number of benzene rings is 1. The number of hydrogen-bond donors (Lipinski definition) is 1. The van der Waals surface area contributed by atoms with Crippen molar-refractivity contribution in [1.29, 1.82) is 0 Å². The Bertz CT molecular complexity index is 782. The smallest absolute Gasteiger partial charge is 0.220 e. The quantitative estimate of drug-likeness (QED) is 0.583. The summed E-state index contributed by atoms with van der Waals surface area (Å²) in [6.07, 6.45) is 10.8. The van der Waals surface area contributed by atoms with Crippen molar-refractivity contribution in [3.63, 3.8) is 0 Å². The van der Waals surface area contributed by atoms with Gasteiger partial charge in [-0.15, -0.1) is 0 Å². The lowest BCUT2D eigenvalue weighted by molar-refractivity contribution is -0.121. The summed E-state index contributed by atoms with van der Waals surface area (Å²) in [7, 11) is 0. The molecular weight excluding hydrogens is 348 g/mol. The van der Waals surface area contributed by atoms with Crippen LogP contribution < -0.4 is 5.32 Å². The van der Waals surface area contributed by atoms with Gasteiger partial charge in [-0.1, -0.05) is 23.7 Å². The molecule has 1 aromatic carbocycles. The summed E-state index contributed by atoms with van der Waals surface area (Å²) in [6, 6.07) is 11.8. The highest BCUT2D eigenvalue weighted by atomic mass is 35.5. The van der Waals surface area contributed by atoms with Gasteiger partial charge < -0.3 is 14.5 Å². The Balaban J connectivity index is 1.54. The lowest BCUT2D eigenvalue weighted by Crippen LogP contribution is -2.27. The van der Waals surface area contributed by atoms with Crippen LogP contribution in [0.25, 0.3) is 0 Å². The standard InChI is InChI=1S/C20H23ClN4O/c21-19-6-4-17(5-7-19)18(15-24-10-1-2-11-24)14-20(26)23-8-3-12-25-13-9-22-16-25/h1-2,4-7,9-11,13,16,18H,3,8,12,14-15H2,(H,23,26). The molecule has 0 aliphatic carbocycles. The third-order valence-electron chi connectivity index (χ3n) is 4.35. The summed E-state index contributed by atoms with van der Waals surface area (Å²) in [4.78, 5) is 16.4. The molecule has 6 heteroatoms. The Morgan fingerprint density at radius 1 is 1.12 bits per heavy atom. The first-order valence-electron chi connectivity index (χ1n) is 8.79. The van der Waals surface area contributed by atoms with Gasteiger partial charge in [-0.25, -0.2) is 4.98 Å². The van der Waals surface area contributed by atoms with E-state index in [1.54, 1.807) is 12.5 Å². The summed E-state index contributed by atoms with van der Waals surface area (Å²) < 4.78 is 4.11. The van der Waals surface area contributed by atoms with Crippen molar-refractivity contribution in [2.45, 2.75) is 31.8 Å². The molecule has 0 aliphatic heterocycles. The van der Waals surface area contributed by atoms with E-state index in [1.165, 1.54) is 0 Å². The SMILES string of the molecule is O=C(CC(Cn1cccc1)c1ccc(Cl)cc1)NCCCn1ccnc1. The van der Waals surface area contributed by atoms with Crippen LogP contribution in [0, 0.1) is 0 Å². The van der Waals surface area contributed by atoms with E-state index in [1.807, 2.05) is 59.6 Å². The van der Waals surface area contributed by atoms with Crippen molar-refractivity contribution < 1.29 is 4.79 Å². The first-order valence-corrected chi connectivity index (χ1v) is 9.17. The van der Waals surface area contributed by atoms with Crippen LogP contribution in [0.4, 0.5) is 0 Å². The van der Waals surface area contributed by atoms with E-state index in [-0.39, 0.29) is 11.8 Å². The minimum Gasteiger partial charge on any atom is -0.356 e. The van der Waals surface area contributed by atoms with Crippen molar-refractivity contribution in [2.24, 2.45) is 0 Å². The van der Waals surface area contributed by atoms with Crippen molar-refractivity contribution in [3.8, 4) is 0 Å². The van der Waals surface area contributed by atoms with Crippen LogP contribution in [-0.4, -0.2) is 26.6 Å². The first kappa shape index (κ1) is 18.3. The molecule has 3 aromatic rings. The van der Waals surface area contributed by atoms with Gasteiger partial charge in [0.25, 0.3) is 0 Å². The molecule has 0 spiro atoms. The van der Waals surface area contributed by atoms with E-state index >= 15 is 0 Å². The molecule has 0 bridgehead atoms. The van der Waals surface area contributed by atoms with Gasteiger partial charge in [0.1, 0.15) is 0 Å². The molecule has 5 nitrogen and oxygen atoms in total. The minimum absolute atomic E-state index is 0.0720. The highest BCUT2D eigenvalue weighted by molar-refractivity contribution is 6.30. The lowest BCUT2D eigenvalue weighted by Gasteiger charge is -2.18. The number of aryl methyl sites for hydroxylation is 1. The number of nitrogens with zero attached hydrogens (tertiary/aromatic N) is 3. The molecule has 1 atom stereocenters. The summed E-state index contributed by atoms with van der Waals surface area (Å²) in [5.74, 6) is 0.177. The zero-order valence-corrected chi connectivity index (χ0v) is 15.3. The molecular formula is C20H23ClN4O. The molecule has 1 unspecified atom stereocenters. The summed E-state index contributed by atoms with van der Waals surface area (Å²) in [5, 5.41) is 3.73. The zero-order chi connectivity index (χ0) is 18.2. The molecule has 0 aliphatic rings. The Morgan fingerprint density at radius 3 is 2.58 bits per heavy atom. The molecule has 2 heterocycles. The van der Waals surface area contributed by atoms with Gasteiger partial charge in [0.15, 0.2) is 0 Å². The van der Waals surface area contributed by atoms with Crippen LogP contribution in [0.5, 0.6) is 0 Å². The number of amides is 1. The fourth-order valence-corrected chi connectivity index (χ4v) is 3.10. The van der Waals surface area contributed by atoms with Crippen molar-refractivity contribution in [1.82, 2.24) is 19.4 Å². The molecule has 136 valence electrons. The summed E-state index contributed by atoms with van der Waals surface area (Å²) >= 11 is 6.00. The van der Waals surface area contributed by atoms with Gasteiger partial charge in [-0.3, -0.25) is 4.79 Å². The molecule has 0 fully saturated rings. The van der Waals surface area contributed by atoms with E-state index in [0.717, 1.165) is 25.1 Å². The van der Waals surface area contributed by atoms with Gasteiger partial charge in [0, 0.05) is 61.8 Å². The monoisotopic (exact) mass is 370 g/mol. The maximum absolute atomic E-state index is 12.4. The molecule has 3 rings (SSSR count). The maximum atomic E-state index is 12.4. The lowest BCUT2D eigenvalue weighted by atomic mass is 9.95. The Kier molecular flexibility index (Phi) is 6.50. The molecule has 0 saturated heterocycles. The van der Waals surface area contributed by atoms with Crippen LogP contribution in [0.1, 0.15) is 24.3 Å². The van der Waals surface area contributed by atoms with Crippen LogP contribution >= 0.6 is 11.6 Å². The number of hydrogen-bond acceptors (Lipinski definition) is 2. The van der Waals surface area contributed by atoms with E-state index < -0.39 is 0 Å². The van der Waals surface area contributed by atoms with Crippen LogP contribution in [0.15, 0.2) is 67.5 Å². The largest absolute Gasteiger partial charge is 0.356 e. The summed E-state index contributed by atoms with van der Waals surface area (Å²) in [5.41, 5.74) is 1.12. The molecule has 0 saturated carbocycles. The van der Waals surface area contributed by atoms with Crippen molar-refractivity contribution in [2.75, 3.05) is 6.54 Å². The second-order valence-corrected chi connectivity index (χ2v) is 6.77. The second-order valence-electron chi connectivity index (χ2n) is 6.34. The topological polar surface area (TPSA) is 51.9 Å². The average Bonchev–Trinajstić information content (AvgIpc) is 3.33. The van der Waals surface area contributed by atoms with Crippen molar-refractivity contribution in [3.05, 3.63) is 78.1 Å². The number of imidazole rings is 1. The van der Waals surface area contributed by atoms with Crippen LogP contribution in [0.3, 0.4) is 0 Å². The number of nitrogens with one attached hydrogen (secondary N) is 1. The number of aromatic nitrogens is 3. The van der Waals surface area contributed by atoms with Crippen LogP contribution in [-0.2, 0) is 17.9 Å². The molecule has 0 radical (unpaired) electrons.